The molecule has 0 aliphatic heterocycles. The standard InChI is InChI=1S/C13H27NO2/c1-3-6-14(7-8-15)10-12-9-11(2)4-5-13(12)16/h11-13,15-16H,3-10H2,1-2H3. The molecule has 0 aromatic rings. The van der Waals surface area contributed by atoms with Crippen molar-refractivity contribution in [3.8, 4) is 0 Å². The van der Waals surface area contributed by atoms with Crippen molar-refractivity contribution < 1.29 is 10.2 Å². The maximum absolute atomic E-state index is 9.98. The molecule has 3 unspecified atom stereocenters. The van der Waals surface area contributed by atoms with Crippen LogP contribution in [0.2, 0.25) is 0 Å². The van der Waals surface area contributed by atoms with Crippen LogP contribution in [-0.2, 0) is 0 Å². The largest absolute Gasteiger partial charge is 0.395 e. The van der Waals surface area contributed by atoms with Gasteiger partial charge in [-0.25, -0.2) is 0 Å². The summed E-state index contributed by atoms with van der Waals surface area (Å²) < 4.78 is 0. The third kappa shape index (κ3) is 4.40. The van der Waals surface area contributed by atoms with E-state index >= 15 is 0 Å². The van der Waals surface area contributed by atoms with E-state index in [9.17, 15) is 5.11 Å². The minimum Gasteiger partial charge on any atom is -0.395 e. The lowest BCUT2D eigenvalue weighted by molar-refractivity contribution is 0.0275. The monoisotopic (exact) mass is 229 g/mol. The molecule has 0 aromatic heterocycles. The lowest BCUT2D eigenvalue weighted by Gasteiger charge is -2.35. The molecule has 0 amide bonds. The van der Waals surface area contributed by atoms with Crippen molar-refractivity contribution in [2.24, 2.45) is 11.8 Å². The molecule has 3 heteroatoms. The highest BCUT2D eigenvalue weighted by molar-refractivity contribution is 4.80. The van der Waals surface area contributed by atoms with Gasteiger partial charge >= 0.3 is 0 Å². The maximum Gasteiger partial charge on any atom is 0.0580 e. The van der Waals surface area contributed by atoms with Crippen LogP contribution in [0.1, 0.15) is 39.5 Å². The normalized spacial score (nSPS) is 30.9. The average molecular weight is 229 g/mol. The predicted octanol–water partition coefficient (Wildman–Crippen LogP) is 1.49. The summed E-state index contributed by atoms with van der Waals surface area (Å²) >= 11 is 0. The first-order valence-corrected chi connectivity index (χ1v) is 6.68. The Morgan fingerprint density at radius 1 is 1.25 bits per heavy atom. The molecule has 1 aliphatic carbocycles. The third-order valence-corrected chi connectivity index (χ3v) is 3.65. The fourth-order valence-electron chi connectivity index (χ4n) is 2.76. The summed E-state index contributed by atoms with van der Waals surface area (Å²) in [5.74, 6) is 1.15. The fraction of sp³-hybridized carbons (Fsp3) is 1.00. The van der Waals surface area contributed by atoms with Crippen molar-refractivity contribution in [2.45, 2.75) is 45.6 Å². The van der Waals surface area contributed by atoms with Crippen molar-refractivity contribution in [1.29, 1.82) is 0 Å². The van der Waals surface area contributed by atoms with Crippen LogP contribution in [0, 0.1) is 11.8 Å². The van der Waals surface area contributed by atoms with Crippen molar-refractivity contribution in [1.82, 2.24) is 4.90 Å². The summed E-state index contributed by atoms with van der Waals surface area (Å²) in [6.07, 6.45) is 4.22. The van der Waals surface area contributed by atoms with Gasteiger partial charge in [0.1, 0.15) is 0 Å². The first kappa shape index (κ1) is 13.9. The first-order valence-electron chi connectivity index (χ1n) is 6.68. The predicted molar refractivity (Wildman–Crippen MR) is 66.3 cm³/mol. The highest BCUT2D eigenvalue weighted by Crippen LogP contribution is 2.29. The van der Waals surface area contributed by atoms with Crippen LogP contribution in [0.4, 0.5) is 0 Å². The molecule has 0 saturated heterocycles. The van der Waals surface area contributed by atoms with Crippen LogP contribution in [0.25, 0.3) is 0 Å². The molecule has 0 bridgehead atoms. The van der Waals surface area contributed by atoms with Crippen LogP contribution >= 0.6 is 0 Å². The van der Waals surface area contributed by atoms with Gasteiger partial charge in [0.05, 0.1) is 12.7 Å². The summed E-state index contributed by atoms with van der Waals surface area (Å²) in [7, 11) is 0. The average Bonchev–Trinajstić information content (AvgIpc) is 2.24. The molecule has 1 fully saturated rings. The van der Waals surface area contributed by atoms with Gasteiger partial charge in [-0.2, -0.15) is 0 Å². The molecule has 3 atom stereocenters. The van der Waals surface area contributed by atoms with Crippen LogP contribution in [0.3, 0.4) is 0 Å². The van der Waals surface area contributed by atoms with Crippen LogP contribution in [0.15, 0.2) is 0 Å². The van der Waals surface area contributed by atoms with E-state index in [-0.39, 0.29) is 12.7 Å². The molecule has 1 rings (SSSR count). The van der Waals surface area contributed by atoms with E-state index in [1.54, 1.807) is 0 Å². The Morgan fingerprint density at radius 2 is 2.00 bits per heavy atom. The first-order chi connectivity index (χ1) is 7.67. The SMILES string of the molecule is CCCN(CCO)CC1CC(C)CCC1O. The highest BCUT2D eigenvalue weighted by atomic mass is 16.3. The molecule has 1 saturated carbocycles. The highest BCUT2D eigenvalue weighted by Gasteiger charge is 2.28. The second-order valence-electron chi connectivity index (χ2n) is 5.27. The number of aliphatic hydroxyl groups is 2. The molecule has 0 aromatic carbocycles. The van der Waals surface area contributed by atoms with Crippen LogP contribution in [0.5, 0.6) is 0 Å². The fourth-order valence-corrected chi connectivity index (χ4v) is 2.76. The molecule has 16 heavy (non-hydrogen) atoms. The van der Waals surface area contributed by atoms with Crippen molar-refractivity contribution >= 4 is 0 Å². The Kier molecular flexibility index (Phi) is 6.32. The zero-order chi connectivity index (χ0) is 12.0. The van der Waals surface area contributed by atoms with Gasteiger partial charge in [-0.3, -0.25) is 0 Å². The second kappa shape index (κ2) is 7.25. The Bertz CT molecular complexity index is 181. The van der Waals surface area contributed by atoms with Gasteiger partial charge in [0.25, 0.3) is 0 Å². The molecular formula is C13H27NO2. The quantitative estimate of drug-likeness (QED) is 0.725. The number of hydrogen-bond donors (Lipinski definition) is 2. The lowest BCUT2D eigenvalue weighted by Crippen LogP contribution is -2.40. The second-order valence-corrected chi connectivity index (χ2v) is 5.27. The molecule has 0 heterocycles. The summed E-state index contributed by atoms with van der Waals surface area (Å²) in [6.45, 7) is 7.36. The summed E-state index contributed by atoms with van der Waals surface area (Å²) in [5.41, 5.74) is 0. The summed E-state index contributed by atoms with van der Waals surface area (Å²) in [6, 6.07) is 0. The molecule has 1 aliphatic rings. The summed E-state index contributed by atoms with van der Waals surface area (Å²) in [4.78, 5) is 2.28. The summed E-state index contributed by atoms with van der Waals surface area (Å²) in [5, 5.41) is 19.0. The van der Waals surface area contributed by atoms with Crippen molar-refractivity contribution in [3.63, 3.8) is 0 Å². The van der Waals surface area contributed by atoms with E-state index < -0.39 is 0 Å². The topological polar surface area (TPSA) is 43.7 Å². The Balaban J connectivity index is 2.41. The minimum absolute atomic E-state index is 0.130. The number of hydrogen-bond acceptors (Lipinski definition) is 3. The maximum atomic E-state index is 9.98. The van der Waals surface area contributed by atoms with E-state index in [1.807, 2.05) is 0 Å². The minimum atomic E-state index is -0.130. The van der Waals surface area contributed by atoms with E-state index in [2.05, 4.69) is 18.7 Å². The number of rotatable bonds is 6. The molecule has 0 radical (unpaired) electrons. The Hall–Kier alpha value is -0.120. The molecule has 2 N–H and O–H groups in total. The van der Waals surface area contributed by atoms with E-state index in [0.29, 0.717) is 5.92 Å². The molecule has 3 nitrogen and oxygen atoms in total. The van der Waals surface area contributed by atoms with Gasteiger partial charge in [-0.05, 0) is 44.1 Å². The van der Waals surface area contributed by atoms with Crippen LogP contribution in [-0.4, -0.2) is 47.5 Å². The Morgan fingerprint density at radius 3 is 2.62 bits per heavy atom. The smallest absolute Gasteiger partial charge is 0.0580 e. The van der Waals surface area contributed by atoms with Gasteiger partial charge < -0.3 is 15.1 Å². The Labute approximate surface area is 99.5 Å². The van der Waals surface area contributed by atoms with Gasteiger partial charge in [0.2, 0.25) is 0 Å². The van der Waals surface area contributed by atoms with Crippen molar-refractivity contribution in [2.75, 3.05) is 26.2 Å². The van der Waals surface area contributed by atoms with Gasteiger partial charge in [0, 0.05) is 13.1 Å². The van der Waals surface area contributed by atoms with Crippen molar-refractivity contribution in [3.05, 3.63) is 0 Å². The lowest BCUT2D eigenvalue weighted by atomic mass is 9.80. The van der Waals surface area contributed by atoms with E-state index in [1.165, 1.54) is 0 Å². The van der Waals surface area contributed by atoms with E-state index in [0.717, 1.165) is 51.2 Å². The van der Waals surface area contributed by atoms with Gasteiger partial charge in [0.15, 0.2) is 0 Å². The third-order valence-electron chi connectivity index (χ3n) is 3.65. The van der Waals surface area contributed by atoms with Gasteiger partial charge in [-0.15, -0.1) is 0 Å². The van der Waals surface area contributed by atoms with Gasteiger partial charge in [-0.1, -0.05) is 13.8 Å². The molecular weight excluding hydrogens is 202 g/mol. The number of nitrogens with zero attached hydrogens (tertiary/aromatic N) is 1. The zero-order valence-electron chi connectivity index (χ0n) is 10.7. The van der Waals surface area contributed by atoms with Crippen LogP contribution < -0.4 is 0 Å². The molecule has 0 spiro atoms. The number of aliphatic hydroxyl groups excluding tert-OH is 2. The molecule has 96 valence electrons. The van der Waals surface area contributed by atoms with E-state index in [4.69, 9.17) is 5.11 Å². The zero-order valence-corrected chi connectivity index (χ0v) is 10.7.